The third-order valence-electron chi connectivity index (χ3n) is 4.66. The van der Waals surface area contributed by atoms with Crippen molar-refractivity contribution in [3.8, 4) is 0 Å². The fourth-order valence-corrected chi connectivity index (χ4v) is 3.49. The molecule has 0 spiro atoms. The van der Waals surface area contributed by atoms with Gasteiger partial charge in [-0.05, 0) is 32.2 Å². The summed E-state index contributed by atoms with van der Waals surface area (Å²) in [5.74, 6) is 3.08. The molecule has 0 amide bonds. The van der Waals surface area contributed by atoms with Gasteiger partial charge in [0.05, 0.1) is 6.54 Å². The lowest BCUT2D eigenvalue weighted by atomic mass is 9.94. The monoisotopic (exact) mass is 263 g/mol. The molecule has 2 aliphatic rings. The lowest BCUT2D eigenvalue weighted by Crippen LogP contribution is -2.47. The SMILES string of the molecule is CNC1CCN(Cc2nnc3n2CCCC3)CC1C. The standard InChI is InChI=1S/C14H25N5/c1-11-9-18(8-6-12(11)15-2)10-14-17-16-13-5-3-4-7-19(13)14/h11-12,15H,3-10H2,1-2H3. The Labute approximate surface area is 115 Å². The lowest BCUT2D eigenvalue weighted by molar-refractivity contribution is 0.140. The first-order valence-corrected chi connectivity index (χ1v) is 7.58. The van der Waals surface area contributed by atoms with E-state index in [1.165, 1.54) is 30.9 Å². The molecule has 1 aromatic rings. The second kappa shape index (κ2) is 5.59. The number of hydrogen-bond donors (Lipinski definition) is 1. The maximum Gasteiger partial charge on any atom is 0.147 e. The van der Waals surface area contributed by atoms with Crippen LogP contribution in [0.3, 0.4) is 0 Å². The van der Waals surface area contributed by atoms with Crippen molar-refractivity contribution in [2.45, 2.75) is 51.7 Å². The van der Waals surface area contributed by atoms with Gasteiger partial charge in [0, 0.05) is 32.1 Å². The van der Waals surface area contributed by atoms with E-state index in [1.54, 1.807) is 0 Å². The van der Waals surface area contributed by atoms with E-state index in [4.69, 9.17) is 0 Å². The minimum atomic E-state index is 0.670. The molecule has 0 aliphatic carbocycles. The van der Waals surface area contributed by atoms with Crippen molar-refractivity contribution in [3.63, 3.8) is 0 Å². The molecule has 3 rings (SSSR count). The summed E-state index contributed by atoms with van der Waals surface area (Å²) in [7, 11) is 2.08. The van der Waals surface area contributed by atoms with E-state index in [2.05, 4.69) is 39.0 Å². The molecular formula is C14H25N5. The molecule has 1 N–H and O–H groups in total. The highest BCUT2D eigenvalue weighted by Crippen LogP contribution is 2.20. The highest BCUT2D eigenvalue weighted by molar-refractivity contribution is 4.99. The van der Waals surface area contributed by atoms with Gasteiger partial charge in [-0.3, -0.25) is 4.90 Å². The van der Waals surface area contributed by atoms with Gasteiger partial charge < -0.3 is 9.88 Å². The molecule has 1 saturated heterocycles. The Bertz CT molecular complexity index is 427. The molecule has 1 aromatic heterocycles. The van der Waals surface area contributed by atoms with Crippen LogP contribution in [0.4, 0.5) is 0 Å². The highest BCUT2D eigenvalue weighted by Gasteiger charge is 2.26. The number of aromatic nitrogens is 3. The summed E-state index contributed by atoms with van der Waals surface area (Å²) in [6.07, 6.45) is 4.88. The maximum absolute atomic E-state index is 4.41. The van der Waals surface area contributed by atoms with Gasteiger partial charge >= 0.3 is 0 Å². The maximum atomic E-state index is 4.41. The third-order valence-corrected chi connectivity index (χ3v) is 4.66. The minimum Gasteiger partial charge on any atom is -0.317 e. The van der Waals surface area contributed by atoms with Gasteiger partial charge in [0.2, 0.25) is 0 Å². The Hall–Kier alpha value is -0.940. The van der Waals surface area contributed by atoms with E-state index in [-0.39, 0.29) is 0 Å². The van der Waals surface area contributed by atoms with Crippen LogP contribution in [0.2, 0.25) is 0 Å². The molecule has 0 radical (unpaired) electrons. The number of nitrogens with one attached hydrogen (secondary N) is 1. The Morgan fingerprint density at radius 2 is 2.16 bits per heavy atom. The highest BCUT2D eigenvalue weighted by atomic mass is 15.3. The van der Waals surface area contributed by atoms with Crippen molar-refractivity contribution in [1.82, 2.24) is 25.0 Å². The summed E-state index contributed by atoms with van der Waals surface area (Å²) in [6.45, 7) is 6.74. The Kier molecular flexibility index (Phi) is 3.84. The number of aryl methyl sites for hydroxylation is 1. The minimum absolute atomic E-state index is 0.670. The van der Waals surface area contributed by atoms with Crippen LogP contribution in [-0.4, -0.2) is 45.8 Å². The van der Waals surface area contributed by atoms with Gasteiger partial charge in [0.15, 0.2) is 0 Å². The second-order valence-electron chi connectivity index (χ2n) is 6.04. The Morgan fingerprint density at radius 1 is 1.26 bits per heavy atom. The number of hydrogen-bond acceptors (Lipinski definition) is 4. The fraction of sp³-hybridized carbons (Fsp3) is 0.857. The van der Waals surface area contributed by atoms with Crippen LogP contribution in [0.5, 0.6) is 0 Å². The van der Waals surface area contributed by atoms with Crippen molar-refractivity contribution in [2.24, 2.45) is 5.92 Å². The largest absolute Gasteiger partial charge is 0.317 e. The predicted molar refractivity (Wildman–Crippen MR) is 74.9 cm³/mol. The van der Waals surface area contributed by atoms with Gasteiger partial charge in [-0.25, -0.2) is 0 Å². The summed E-state index contributed by atoms with van der Waals surface area (Å²) >= 11 is 0. The molecule has 2 aliphatic heterocycles. The van der Waals surface area contributed by atoms with Crippen LogP contribution in [0, 0.1) is 5.92 Å². The number of rotatable bonds is 3. The molecule has 106 valence electrons. The molecule has 5 heteroatoms. The molecule has 5 nitrogen and oxygen atoms in total. The Balaban J connectivity index is 1.64. The van der Waals surface area contributed by atoms with Crippen molar-refractivity contribution in [3.05, 3.63) is 11.6 Å². The Morgan fingerprint density at radius 3 is 2.95 bits per heavy atom. The van der Waals surface area contributed by atoms with Crippen LogP contribution in [0.15, 0.2) is 0 Å². The summed E-state index contributed by atoms with van der Waals surface area (Å²) in [6, 6.07) is 0.670. The molecular weight excluding hydrogens is 238 g/mol. The summed E-state index contributed by atoms with van der Waals surface area (Å²) in [5.41, 5.74) is 0. The van der Waals surface area contributed by atoms with Crippen LogP contribution in [0.1, 0.15) is 37.8 Å². The fourth-order valence-electron chi connectivity index (χ4n) is 3.49. The van der Waals surface area contributed by atoms with Crippen LogP contribution in [0.25, 0.3) is 0 Å². The van der Waals surface area contributed by atoms with Crippen LogP contribution in [-0.2, 0) is 19.5 Å². The van der Waals surface area contributed by atoms with E-state index < -0.39 is 0 Å². The van der Waals surface area contributed by atoms with Crippen molar-refractivity contribution in [2.75, 3.05) is 20.1 Å². The average molecular weight is 263 g/mol. The molecule has 0 saturated carbocycles. The number of likely N-dealkylation sites (tertiary alicyclic amines) is 1. The quantitative estimate of drug-likeness (QED) is 0.885. The second-order valence-corrected chi connectivity index (χ2v) is 6.04. The molecule has 2 unspecified atom stereocenters. The third kappa shape index (κ3) is 2.67. The van der Waals surface area contributed by atoms with Crippen LogP contribution >= 0.6 is 0 Å². The number of nitrogens with zero attached hydrogens (tertiary/aromatic N) is 4. The summed E-state index contributed by atoms with van der Waals surface area (Å²) in [4.78, 5) is 2.53. The molecule has 2 atom stereocenters. The van der Waals surface area contributed by atoms with E-state index >= 15 is 0 Å². The van der Waals surface area contributed by atoms with Gasteiger partial charge in [0.1, 0.15) is 11.6 Å². The van der Waals surface area contributed by atoms with Gasteiger partial charge in [-0.2, -0.15) is 0 Å². The summed E-state index contributed by atoms with van der Waals surface area (Å²) in [5, 5.41) is 12.2. The number of piperidine rings is 1. The van der Waals surface area contributed by atoms with E-state index in [1.807, 2.05) is 0 Å². The molecule has 3 heterocycles. The zero-order valence-corrected chi connectivity index (χ0v) is 12.1. The zero-order chi connectivity index (χ0) is 13.2. The predicted octanol–water partition coefficient (Wildman–Crippen LogP) is 1.04. The van der Waals surface area contributed by atoms with Crippen molar-refractivity contribution in [1.29, 1.82) is 0 Å². The lowest BCUT2D eigenvalue weighted by Gasteiger charge is -2.36. The topological polar surface area (TPSA) is 46.0 Å². The molecule has 1 fully saturated rings. The summed E-state index contributed by atoms with van der Waals surface area (Å²) < 4.78 is 2.35. The number of fused-ring (bicyclic) bond motifs is 1. The first kappa shape index (κ1) is 13.1. The van der Waals surface area contributed by atoms with Gasteiger partial charge in [0.25, 0.3) is 0 Å². The first-order chi connectivity index (χ1) is 9.28. The van der Waals surface area contributed by atoms with Gasteiger partial charge in [-0.15, -0.1) is 10.2 Å². The van der Waals surface area contributed by atoms with Gasteiger partial charge in [-0.1, -0.05) is 6.92 Å². The van der Waals surface area contributed by atoms with E-state index in [9.17, 15) is 0 Å². The normalized spacial score (nSPS) is 28.3. The van der Waals surface area contributed by atoms with E-state index in [0.717, 1.165) is 32.6 Å². The molecule has 0 bridgehead atoms. The smallest absolute Gasteiger partial charge is 0.147 e. The van der Waals surface area contributed by atoms with Crippen LogP contribution < -0.4 is 5.32 Å². The molecule has 19 heavy (non-hydrogen) atoms. The first-order valence-electron chi connectivity index (χ1n) is 7.58. The van der Waals surface area contributed by atoms with Crippen molar-refractivity contribution >= 4 is 0 Å². The molecule has 0 aromatic carbocycles. The van der Waals surface area contributed by atoms with Crippen molar-refractivity contribution < 1.29 is 0 Å². The van der Waals surface area contributed by atoms with E-state index in [0.29, 0.717) is 12.0 Å². The zero-order valence-electron chi connectivity index (χ0n) is 12.1. The average Bonchev–Trinajstić information content (AvgIpc) is 2.83.